The molecular weight excluding hydrogens is 350 g/mol. The monoisotopic (exact) mass is 373 g/mol. The Morgan fingerprint density at radius 2 is 2.21 bits per heavy atom. The molecule has 0 bridgehead atoms. The van der Waals surface area contributed by atoms with E-state index in [1.54, 1.807) is 17.8 Å². The Bertz CT molecular complexity index is 740. The van der Waals surface area contributed by atoms with Crippen LogP contribution in [0.4, 0.5) is 0 Å². The second-order valence-corrected chi connectivity index (χ2v) is 8.79. The molecule has 0 aromatic carbocycles. The van der Waals surface area contributed by atoms with E-state index < -0.39 is 9.84 Å². The Morgan fingerprint density at radius 3 is 2.79 bits per heavy atom. The van der Waals surface area contributed by atoms with E-state index in [0.29, 0.717) is 11.6 Å². The highest BCUT2D eigenvalue weighted by atomic mass is 35.5. The maximum absolute atomic E-state index is 12.3. The predicted molar refractivity (Wildman–Crippen MR) is 95.7 cm³/mol. The highest BCUT2D eigenvalue weighted by Crippen LogP contribution is 2.22. The highest BCUT2D eigenvalue weighted by molar-refractivity contribution is 7.91. The molecule has 0 saturated carbocycles. The first-order valence-electron chi connectivity index (χ1n) is 8.13. The van der Waals surface area contributed by atoms with Crippen molar-refractivity contribution in [2.24, 2.45) is 0 Å². The van der Waals surface area contributed by atoms with Gasteiger partial charge in [0.15, 0.2) is 9.84 Å². The zero-order valence-electron chi connectivity index (χ0n) is 14.3. The van der Waals surface area contributed by atoms with E-state index in [1.807, 2.05) is 6.92 Å². The smallest absolute Gasteiger partial charge is 0.246 e. The van der Waals surface area contributed by atoms with Gasteiger partial charge in [-0.25, -0.2) is 8.42 Å². The van der Waals surface area contributed by atoms with Gasteiger partial charge in [0.2, 0.25) is 5.91 Å². The van der Waals surface area contributed by atoms with E-state index in [9.17, 15) is 13.2 Å². The number of unbranched alkanes of at least 4 members (excludes halogenated alkanes) is 1. The number of aromatic nitrogens is 2. The largest absolute Gasteiger partial charge is 0.338 e. The molecule has 0 aliphatic carbocycles. The van der Waals surface area contributed by atoms with E-state index in [4.69, 9.17) is 11.6 Å². The zero-order chi connectivity index (χ0) is 17.9. The van der Waals surface area contributed by atoms with Crippen molar-refractivity contribution in [3.8, 4) is 0 Å². The first-order chi connectivity index (χ1) is 11.2. The lowest BCUT2D eigenvalue weighted by molar-refractivity contribution is -0.126. The fourth-order valence-corrected chi connectivity index (χ4v) is 4.84. The SMILES string of the molecule is CCCCn1nc(C)c(/C=C/C(=O)N(C)C2CCS(=O)(=O)C2)c1Cl. The van der Waals surface area contributed by atoms with Crippen LogP contribution in [0.1, 0.15) is 37.4 Å². The summed E-state index contributed by atoms with van der Waals surface area (Å²) in [6, 6.07) is -0.254. The van der Waals surface area contributed by atoms with Gasteiger partial charge in [0.05, 0.1) is 17.2 Å². The van der Waals surface area contributed by atoms with Crippen molar-refractivity contribution < 1.29 is 13.2 Å². The molecule has 1 aromatic heterocycles. The van der Waals surface area contributed by atoms with Crippen molar-refractivity contribution in [1.82, 2.24) is 14.7 Å². The average Bonchev–Trinajstić information content (AvgIpc) is 3.02. The number of aryl methyl sites for hydroxylation is 2. The van der Waals surface area contributed by atoms with Crippen LogP contribution in [-0.4, -0.2) is 53.6 Å². The molecule has 134 valence electrons. The molecule has 8 heteroatoms. The van der Waals surface area contributed by atoms with E-state index >= 15 is 0 Å². The number of hydrogen-bond donors (Lipinski definition) is 0. The van der Waals surface area contributed by atoms with Gasteiger partial charge in [-0.2, -0.15) is 5.10 Å². The van der Waals surface area contributed by atoms with Crippen LogP contribution in [0.15, 0.2) is 6.08 Å². The van der Waals surface area contributed by atoms with Crippen LogP contribution < -0.4 is 0 Å². The van der Waals surface area contributed by atoms with E-state index in [-0.39, 0.29) is 23.5 Å². The van der Waals surface area contributed by atoms with Crippen LogP contribution in [0, 0.1) is 6.92 Å². The van der Waals surface area contributed by atoms with Gasteiger partial charge in [0, 0.05) is 31.3 Å². The standard InChI is InChI=1S/C16H24ClN3O3S/c1-4-5-9-20-16(17)14(12(2)18-20)6-7-15(21)19(3)13-8-10-24(22,23)11-13/h6-7,13H,4-5,8-11H2,1-3H3/b7-6+. The highest BCUT2D eigenvalue weighted by Gasteiger charge is 2.32. The summed E-state index contributed by atoms with van der Waals surface area (Å²) >= 11 is 6.34. The van der Waals surface area contributed by atoms with Gasteiger partial charge in [-0.1, -0.05) is 24.9 Å². The van der Waals surface area contributed by atoms with Crippen LogP contribution in [-0.2, 0) is 21.2 Å². The van der Waals surface area contributed by atoms with Gasteiger partial charge < -0.3 is 4.90 Å². The lowest BCUT2D eigenvalue weighted by atomic mass is 10.2. The van der Waals surface area contributed by atoms with Gasteiger partial charge in [0.25, 0.3) is 0 Å². The molecule has 1 aromatic rings. The lowest BCUT2D eigenvalue weighted by Gasteiger charge is -2.21. The predicted octanol–water partition coefficient (Wildman–Crippen LogP) is 2.30. The molecule has 24 heavy (non-hydrogen) atoms. The molecule has 1 saturated heterocycles. The number of likely N-dealkylation sites (N-methyl/N-ethyl adjacent to an activating group) is 1. The van der Waals surface area contributed by atoms with Gasteiger partial charge in [-0.15, -0.1) is 0 Å². The summed E-state index contributed by atoms with van der Waals surface area (Å²) < 4.78 is 24.8. The number of nitrogens with zero attached hydrogens (tertiary/aromatic N) is 3. The maximum atomic E-state index is 12.3. The minimum atomic E-state index is -3.01. The number of carbonyl (C=O) groups excluding carboxylic acids is 1. The fourth-order valence-electron chi connectivity index (χ4n) is 2.75. The van der Waals surface area contributed by atoms with Gasteiger partial charge in [-0.05, 0) is 25.8 Å². The lowest BCUT2D eigenvalue weighted by Crippen LogP contribution is -2.36. The summed E-state index contributed by atoms with van der Waals surface area (Å²) in [7, 11) is -1.38. The number of hydrogen-bond acceptors (Lipinski definition) is 4. The summed E-state index contributed by atoms with van der Waals surface area (Å²) in [6.07, 6.45) is 5.63. The molecule has 2 heterocycles. The van der Waals surface area contributed by atoms with E-state index in [0.717, 1.165) is 30.6 Å². The maximum Gasteiger partial charge on any atom is 0.246 e. The average molecular weight is 374 g/mol. The first-order valence-corrected chi connectivity index (χ1v) is 10.3. The molecule has 0 N–H and O–H groups in total. The topological polar surface area (TPSA) is 72.3 Å². The summed E-state index contributed by atoms with van der Waals surface area (Å²) in [5, 5.41) is 4.92. The minimum Gasteiger partial charge on any atom is -0.338 e. The summed E-state index contributed by atoms with van der Waals surface area (Å²) in [5.41, 5.74) is 1.50. The molecule has 1 aliphatic rings. The third kappa shape index (κ3) is 4.39. The molecular formula is C16H24ClN3O3S. The Hall–Kier alpha value is -1.34. The third-order valence-corrected chi connectivity index (χ3v) is 6.48. The third-order valence-electron chi connectivity index (χ3n) is 4.33. The Labute approximate surface area is 148 Å². The van der Waals surface area contributed by atoms with Crippen LogP contribution in [0.2, 0.25) is 5.15 Å². The summed E-state index contributed by atoms with van der Waals surface area (Å²) in [4.78, 5) is 13.8. The molecule has 1 atom stereocenters. The first kappa shape index (κ1) is 19.0. The molecule has 6 nitrogen and oxygen atoms in total. The van der Waals surface area contributed by atoms with Crippen LogP contribution in [0.25, 0.3) is 6.08 Å². The number of halogens is 1. The quantitative estimate of drug-likeness (QED) is 0.717. The number of amides is 1. The van der Waals surface area contributed by atoms with Crippen molar-refractivity contribution in [2.75, 3.05) is 18.6 Å². The van der Waals surface area contributed by atoms with Crippen molar-refractivity contribution in [3.05, 3.63) is 22.5 Å². The molecule has 1 fully saturated rings. The molecule has 1 aliphatic heterocycles. The van der Waals surface area contributed by atoms with Crippen molar-refractivity contribution in [1.29, 1.82) is 0 Å². The van der Waals surface area contributed by atoms with Crippen molar-refractivity contribution in [2.45, 2.75) is 45.7 Å². The van der Waals surface area contributed by atoms with Crippen molar-refractivity contribution >= 4 is 33.4 Å². The summed E-state index contributed by atoms with van der Waals surface area (Å²) in [5.74, 6) is -0.0414. The zero-order valence-corrected chi connectivity index (χ0v) is 15.9. The number of sulfone groups is 1. The Morgan fingerprint density at radius 1 is 1.50 bits per heavy atom. The second kappa shape index (κ2) is 7.70. The van der Waals surface area contributed by atoms with Gasteiger partial charge >= 0.3 is 0 Å². The number of rotatable bonds is 6. The van der Waals surface area contributed by atoms with Gasteiger partial charge in [0.1, 0.15) is 5.15 Å². The number of carbonyl (C=O) groups is 1. The second-order valence-electron chi connectivity index (χ2n) is 6.21. The fraction of sp³-hybridized carbons (Fsp3) is 0.625. The summed E-state index contributed by atoms with van der Waals surface area (Å²) in [6.45, 7) is 4.70. The molecule has 1 unspecified atom stereocenters. The van der Waals surface area contributed by atoms with Crippen LogP contribution in [0.3, 0.4) is 0 Å². The van der Waals surface area contributed by atoms with Crippen molar-refractivity contribution in [3.63, 3.8) is 0 Å². The van der Waals surface area contributed by atoms with E-state index in [1.165, 1.54) is 11.0 Å². The molecule has 0 spiro atoms. The Kier molecular flexibility index (Phi) is 6.09. The molecule has 0 radical (unpaired) electrons. The van der Waals surface area contributed by atoms with Crippen LogP contribution in [0.5, 0.6) is 0 Å². The molecule has 2 rings (SSSR count). The van der Waals surface area contributed by atoms with E-state index in [2.05, 4.69) is 12.0 Å². The Balaban J connectivity index is 2.07. The van der Waals surface area contributed by atoms with Gasteiger partial charge in [-0.3, -0.25) is 9.48 Å². The normalized spacial score (nSPS) is 19.9. The molecule has 1 amide bonds. The minimum absolute atomic E-state index is 0.0395. The van der Waals surface area contributed by atoms with Crippen LogP contribution >= 0.6 is 11.6 Å².